The summed E-state index contributed by atoms with van der Waals surface area (Å²) in [5, 5.41) is 9.51. The van der Waals surface area contributed by atoms with Crippen LogP contribution in [-0.4, -0.2) is 36.4 Å². The molecule has 0 saturated carbocycles. The average Bonchev–Trinajstić information content (AvgIpc) is 2.99. The number of rotatable bonds is 30. The maximum Gasteiger partial charge on any atom is 0.306 e. The first-order chi connectivity index (χ1) is 20.6. The van der Waals surface area contributed by atoms with Gasteiger partial charge in [0.25, 0.3) is 0 Å². The van der Waals surface area contributed by atoms with Crippen LogP contribution in [0.3, 0.4) is 0 Å². The Labute approximate surface area is 258 Å². The van der Waals surface area contributed by atoms with E-state index in [1.54, 1.807) is 0 Å². The van der Waals surface area contributed by atoms with Crippen LogP contribution in [0.5, 0.6) is 0 Å². The van der Waals surface area contributed by atoms with Crippen LogP contribution in [-0.2, 0) is 19.1 Å². The molecule has 0 radical (unpaired) electrons. The van der Waals surface area contributed by atoms with Crippen LogP contribution >= 0.6 is 0 Å². The molecule has 0 saturated heterocycles. The van der Waals surface area contributed by atoms with E-state index in [1.807, 2.05) is 0 Å². The molecule has 0 aromatic rings. The van der Waals surface area contributed by atoms with Crippen LogP contribution < -0.4 is 0 Å². The zero-order chi connectivity index (χ0) is 30.8. The van der Waals surface area contributed by atoms with E-state index in [1.165, 1.54) is 51.4 Å². The third-order valence-corrected chi connectivity index (χ3v) is 7.11. The molecule has 0 bridgehead atoms. The van der Waals surface area contributed by atoms with Crippen LogP contribution in [0.4, 0.5) is 0 Å². The van der Waals surface area contributed by atoms with Crippen molar-refractivity contribution in [1.82, 2.24) is 0 Å². The quantitative estimate of drug-likeness (QED) is 0.0513. The van der Waals surface area contributed by atoms with Crippen LogP contribution in [0.2, 0.25) is 0 Å². The number of aliphatic hydroxyl groups is 1. The molecular formula is C37H64O5. The topological polar surface area (TPSA) is 72.8 Å². The van der Waals surface area contributed by atoms with E-state index in [2.05, 4.69) is 62.5 Å². The summed E-state index contributed by atoms with van der Waals surface area (Å²) < 4.78 is 10.5. The zero-order valence-electron chi connectivity index (χ0n) is 27.2. The maximum atomic E-state index is 12.1. The fourth-order valence-electron chi connectivity index (χ4n) is 4.50. The minimum Gasteiger partial charge on any atom is -0.462 e. The maximum absolute atomic E-state index is 12.1. The minimum atomic E-state index is -0.782. The predicted molar refractivity (Wildman–Crippen MR) is 177 cm³/mol. The van der Waals surface area contributed by atoms with Crippen LogP contribution in [0.25, 0.3) is 0 Å². The molecule has 0 aliphatic carbocycles. The number of aliphatic hydroxyl groups excluding tert-OH is 1. The van der Waals surface area contributed by atoms with Crippen molar-refractivity contribution in [3.05, 3.63) is 48.6 Å². The Hall–Kier alpha value is -2.14. The van der Waals surface area contributed by atoms with E-state index in [4.69, 9.17) is 9.47 Å². The molecule has 0 aromatic heterocycles. The smallest absolute Gasteiger partial charge is 0.306 e. The molecule has 242 valence electrons. The van der Waals surface area contributed by atoms with E-state index < -0.39 is 6.10 Å². The van der Waals surface area contributed by atoms with Crippen molar-refractivity contribution in [2.75, 3.05) is 13.2 Å². The molecule has 0 rings (SSSR count). The first-order valence-electron chi connectivity index (χ1n) is 17.2. The lowest BCUT2D eigenvalue weighted by molar-refractivity contribution is -0.161. The van der Waals surface area contributed by atoms with Gasteiger partial charge < -0.3 is 14.6 Å². The largest absolute Gasteiger partial charge is 0.462 e. The van der Waals surface area contributed by atoms with Crippen molar-refractivity contribution < 1.29 is 24.2 Å². The van der Waals surface area contributed by atoms with Gasteiger partial charge in [-0.25, -0.2) is 0 Å². The number of hydrogen-bond donors (Lipinski definition) is 1. The lowest BCUT2D eigenvalue weighted by Gasteiger charge is -2.15. The van der Waals surface area contributed by atoms with Crippen molar-refractivity contribution in [3.63, 3.8) is 0 Å². The third kappa shape index (κ3) is 30.8. The summed E-state index contributed by atoms with van der Waals surface area (Å²) in [5.74, 6) is -0.626. The molecule has 0 aromatic carbocycles. The number of carbonyl (C=O) groups excluding carboxylic acids is 2. The standard InChI is InChI=1S/C37H64O5/c1-3-5-7-9-11-13-15-17-18-20-22-24-26-28-30-32-37(40)42-35(33-38)34-41-36(39)31-29-27-25-23-21-19-16-14-12-10-8-6-4-2/h5,7,11,13-14,16-18,35,38H,3-4,6,8-10,12,15,19-34H2,1-2H3. The molecule has 0 fully saturated rings. The van der Waals surface area contributed by atoms with Gasteiger partial charge in [-0.1, -0.05) is 120 Å². The Kier molecular flexibility index (Phi) is 31.7. The Balaban J connectivity index is 3.64. The molecule has 42 heavy (non-hydrogen) atoms. The highest BCUT2D eigenvalue weighted by Crippen LogP contribution is 2.11. The SMILES string of the molecule is CCC=CCC=CCC=CCCCCCCCC(=O)OC(CO)COC(=O)CCCCCCCC=CCCCCCC. The molecule has 5 heteroatoms. The summed E-state index contributed by atoms with van der Waals surface area (Å²) in [6.45, 7) is 3.97. The second-order valence-corrected chi connectivity index (χ2v) is 11.2. The van der Waals surface area contributed by atoms with Gasteiger partial charge in [0.2, 0.25) is 0 Å². The summed E-state index contributed by atoms with van der Waals surface area (Å²) in [6, 6.07) is 0. The molecule has 0 aliphatic rings. The van der Waals surface area contributed by atoms with Crippen molar-refractivity contribution in [2.45, 2.75) is 161 Å². The van der Waals surface area contributed by atoms with Gasteiger partial charge in [-0.05, 0) is 70.6 Å². The number of esters is 2. The second-order valence-electron chi connectivity index (χ2n) is 11.2. The highest BCUT2D eigenvalue weighted by Gasteiger charge is 2.16. The van der Waals surface area contributed by atoms with E-state index in [0.717, 1.165) is 77.0 Å². The lowest BCUT2D eigenvalue weighted by Crippen LogP contribution is -2.28. The highest BCUT2D eigenvalue weighted by molar-refractivity contribution is 5.70. The fraction of sp³-hybridized carbons (Fsp3) is 0.730. The number of unbranched alkanes of at least 4 members (excludes halogenated alkanes) is 14. The molecular weight excluding hydrogens is 524 g/mol. The predicted octanol–water partition coefficient (Wildman–Crippen LogP) is 10.3. The summed E-state index contributed by atoms with van der Waals surface area (Å²) >= 11 is 0. The van der Waals surface area contributed by atoms with Crippen molar-refractivity contribution in [2.24, 2.45) is 0 Å². The van der Waals surface area contributed by atoms with E-state index in [-0.39, 0.29) is 25.2 Å². The number of ether oxygens (including phenoxy) is 2. The average molecular weight is 589 g/mol. The summed E-state index contributed by atoms with van der Waals surface area (Å²) in [5.41, 5.74) is 0. The number of hydrogen-bond acceptors (Lipinski definition) is 5. The van der Waals surface area contributed by atoms with Gasteiger partial charge in [-0.3, -0.25) is 9.59 Å². The highest BCUT2D eigenvalue weighted by atomic mass is 16.6. The lowest BCUT2D eigenvalue weighted by atomic mass is 10.1. The Morgan fingerprint density at radius 2 is 1.02 bits per heavy atom. The van der Waals surface area contributed by atoms with Gasteiger partial charge >= 0.3 is 11.9 Å². The monoisotopic (exact) mass is 588 g/mol. The van der Waals surface area contributed by atoms with Crippen LogP contribution in [0, 0.1) is 0 Å². The van der Waals surface area contributed by atoms with Crippen molar-refractivity contribution >= 4 is 11.9 Å². The van der Waals surface area contributed by atoms with Crippen molar-refractivity contribution in [1.29, 1.82) is 0 Å². The molecule has 1 N–H and O–H groups in total. The normalized spacial score (nSPS) is 12.7. The van der Waals surface area contributed by atoms with Crippen LogP contribution in [0.15, 0.2) is 48.6 Å². The van der Waals surface area contributed by atoms with E-state index in [0.29, 0.717) is 12.8 Å². The number of carbonyl (C=O) groups is 2. The van der Waals surface area contributed by atoms with Crippen molar-refractivity contribution in [3.8, 4) is 0 Å². The van der Waals surface area contributed by atoms with Crippen LogP contribution in [0.1, 0.15) is 155 Å². The molecule has 5 nitrogen and oxygen atoms in total. The third-order valence-electron chi connectivity index (χ3n) is 7.11. The first kappa shape index (κ1) is 39.9. The molecule has 0 heterocycles. The summed E-state index contributed by atoms with van der Waals surface area (Å²) in [4.78, 5) is 24.1. The Morgan fingerprint density at radius 1 is 0.571 bits per heavy atom. The Morgan fingerprint density at radius 3 is 1.57 bits per heavy atom. The fourth-order valence-corrected chi connectivity index (χ4v) is 4.50. The van der Waals surface area contributed by atoms with Gasteiger partial charge in [0.05, 0.1) is 6.61 Å². The summed E-state index contributed by atoms with van der Waals surface area (Å²) in [6.07, 6.45) is 40.2. The number of allylic oxidation sites excluding steroid dienone is 8. The molecule has 1 unspecified atom stereocenters. The van der Waals surface area contributed by atoms with Gasteiger partial charge in [0.1, 0.15) is 6.61 Å². The molecule has 0 aliphatic heterocycles. The van der Waals surface area contributed by atoms with Gasteiger partial charge in [0.15, 0.2) is 6.10 Å². The van der Waals surface area contributed by atoms with Gasteiger partial charge in [-0.2, -0.15) is 0 Å². The van der Waals surface area contributed by atoms with E-state index >= 15 is 0 Å². The van der Waals surface area contributed by atoms with Gasteiger partial charge in [0, 0.05) is 12.8 Å². The molecule has 1 atom stereocenters. The minimum absolute atomic E-state index is 0.0783. The Bertz CT molecular complexity index is 722. The van der Waals surface area contributed by atoms with E-state index in [9.17, 15) is 14.7 Å². The van der Waals surface area contributed by atoms with Gasteiger partial charge in [-0.15, -0.1) is 0 Å². The first-order valence-corrected chi connectivity index (χ1v) is 17.2. The molecule has 0 spiro atoms. The second kappa shape index (κ2) is 33.4. The zero-order valence-corrected chi connectivity index (χ0v) is 27.2. The summed E-state index contributed by atoms with van der Waals surface area (Å²) in [7, 11) is 0. The molecule has 0 amide bonds.